The van der Waals surface area contributed by atoms with E-state index in [1.165, 1.54) is 24.3 Å². The molecule has 2 aromatic carbocycles. The molecule has 0 saturated carbocycles. The number of ether oxygens (including phenoxy) is 1. The third-order valence-electron chi connectivity index (χ3n) is 4.42. The highest BCUT2D eigenvalue weighted by molar-refractivity contribution is 7.92. The van der Waals surface area contributed by atoms with Crippen LogP contribution in [0.5, 0.6) is 11.6 Å². The van der Waals surface area contributed by atoms with Crippen molar-refractivity contribution in [2.45, 2.75) is 17.7 Å². The van der Waals surface area contributed by atoms with Gasteiger partial charge in [0.2, 0.25) is 17.7 Å². The molecular weight excluding hydrogens is 406 g/mol. The van der Waals surface area contributed by atoms with E-state index in [1.807, 2.05) is 0 Å². The third-order valence-corrected chi connectivity index (χ3v) is 5.82. The van der Waals surface area contributed by atoms with E-state index in [9.17, 15) is 18.0 Å². The molecule has 9 heteroatoms. The zero-order chi connectivity index (χ0) is 21.1. The lowest BCUT2D eigenvalue weighted by atomic mass is 10.3. The number of benzene rings is 2. The molecule has 0 atom stereocenters. The predicted octanol–water partition coefficient (Wildman–Crippen LogP) is 3.33. The Morgan fingerprint density at radius 3 is 2.13 bits per heavy atom. The van der Waals surface area contributed by atoms with Gasteiger partial charge in [-0.1, -0.05) is 6.07 Å². The molecule has 0 unspecified atom stereocenters. The van der Waals surface area contributed by atoms with E-state index in [0.717, 1.165) is 4.90 Å². The van der Waals surface area contributed by atoms with Crippen LogP contribution < -0.4 is 14.4 Å². The van der Waals surface area contributed by atoms with Gasteiger partial charge in [-0.25, -0.2) is 13.4 Å². The summed E-state index contributed by atoms with van der Waals surface area (Å²) in [6.45, 7) is 0. The molecule has 1 fully saturated rings. The first-order valence-electron chi connectivity index (χ1n) is 9.10. The maximum Gasteiger partial charge on any atom is 0.261 e. The van der Waals surface area contributed by atoms with E-state index >= 15 is 0 Å². The van der Waals surface area contributed by atoms with Crippen LogP contribution in [0.4, 0.5) is 11.4 Å². The maximum atomic E-state index is 12.6. The monoisotopic (exact) mass is 423 g/mol. The fraction of sp³-hybridized carbons (Fsp3) is 0.0952. The number of hydrogen-bond acceptors (Lipinski definition) is 6. The minimum atomic E-state index is -3.84. The van der Waals surface area contributed by atoms with E-state index in [0.29, 0.717) is 23.0 Å². The summed E-state index contributed by atoms with van der Waals surface area (Å²) in [7, 11) is -3.84. The second kappa shape index (κ2) is 7.96. The number of imide groups is 1. The Morgan fingerprint density at radius 1 is 0.867 bits per heavy atom. The van der Waals surface area contributed by atoms with E-state index < -0.39 is 10.0 Å². The lowest BCUT2D eigenvalue weighted by molar-refractivity contribution is -0.121. The zero-order valence-corrected chi connectivity index (χ0v) is 16.5. The van der Waals surface area contributed by atoms with Crippen molar-refractivity contribution in [2.24, 2.45) is 0 Å². The quantitative estimate of drug-likeness (QED) is 0.610. The fourth-order valence-corrected chi connectivity index (χ4v) is 4.03. The summed E-state index contributed by atoms with van der Waals surface area (Å²) in [6.07, 6.45) is 1.94. The van der Waals surface area contributed by atoms with Crippen molar-refractivity contribution in [1.82, 2.24) is 4.98 Å². The van der Waals surface area contributed by atoms with E-state index in [4.69, 9.17) is 4.74 Å². The molecule has 8 nitrogen and oxygen atoms in total. The average Bonchev–Trinajstić information content (AvgIpc) is 3.08. The molecule has 4 rings (SSSR count). The second-order valence-electron chi connectivity index (χ2n) is 6.52. The molecule has 152 valence electrons. The summed E-state index contributed by atoms with van der Waals surface area (Å²) in [5.74, 6) is 0.366. The topological polar surface area (TPSA) is 106 Å². The number of carbonyl (C=O) groups excluding carboxylic acids is 2. The summed E-state index contributed by atoms with van der Waals surface area (Å²) >= 11 is 0. The van der Waals surface area contributed by atoms with Crippen molar-refractivity contribution in [2.75, 3.05) is 9.62 Å². The van der Waals surface area contributed by atoms with Gasteiger partial charge < -0.3 is 4.74 Å². The van der Waals surface area contributed by atoms with Crippen molar-refractivity contribution in [3.63, 3.8) is 0 Å². The molecule has 30 heavy (non-hydrogen) atoms. The Kier molecular flexibility index (Phi) is 5.20. The summed E-state index contributed by atoms with van der Waals surface area (Å²) < 4.78 is 33.3. The van der Waals surface area contributed by atoms with Crippen molar-refractivity contribution in [1.29, 1.82) is 0 Å². The van der Waals surface area contributed by atoms with Crippen molar-refractivity contribution in [3.05, 3.63) is 72.9 Å². The van der Waals surface area contributed by atoms with Crippen LogP contribution in [-0.2, 0) is 19.6 Å². The summed E-state index contributed by atoms with van der Waals surface area (Å²) in [6, 6.07) is 17.3. The van der Waals surface area contributed by atoms with Crippen LogP contribution in [0.15, 0.2) is 77.8 Å². The zero-order valence-electron chi connectivity index (χ0n) is 15.7. The number of rotatable bonds is 6. The van der Waals surface area contributed by atoms with Crippen molar-refractivity contribution < 1.29 is 22.7 Å². The van der Waals surface area contributed by atoms with Gasteiger partial charge in [0.25, 0.3) is 10.0 Å². The lowest BCUT2D eigenvalue weighted by Gasteiger charge is -2.14. The number of sulfonamides is 1. The van der Waals surface area contributed by atoms with Crippen LogP contribution in [0, 0.1) is 0 Å². The molecule has 2 heterocycles. The Labute approximate surface area is 173 Å². The number of nitrogens with zero attached hydrogens (tertiary/aromatic N) is 2. The van der Waals surface area contributed by atoms with Crippen LogP contribution in [0.25, 0.3) is 0 Å². The summed E-state index contributed by atoms with van der Waals surface area (Å²) in [5, 5.41) is 0. The van der Waals surface area contributed by atoms with E-state index in [-0.39, 0.29) is 29.6 Å². The molecule has 1 aliphatic heterocycles. The first kappa shape index (κ1) is 19.6. The predicted molar refractivity (Wildman–Crippen MR) is 110 cm³/mol. The van der Waals surface area contributed by atoms with Gasteiger partial charge in [0.1, 0.15) is 5.75 Å². The molecular formula is C21H17N3O5S. The molecule has 0 radical (unpaired) electrons. The summed E-state index contributed by atoms with van der Waals surface area (Å²) in [4.78, 5) is 28.8. The number of amides is 2. The smallest absolute Gasteiger partial charge is 0.261 e. The standard InChI is InChI=1S/C21H17N3O5S/c25-20-12-13-21(26)24(20)16-6-10-18(11-7-16)30(27,28)23-15-4-8-17(9-5-15)29-19-3-1-2-14-22-19/h1-11,14,23H,12-13H2. The summed E-state index contributed by atoms with van der Waals surface area (Å²) in [5.41, 5.74) is 0.717. The molecule has 0 spiro atoms. The molecule has 3 aromatic rings. The highest BCUT2D eigenvalue weighted by Gasteiger charge is 2.30. The van der Waals surface area contributed by atoms with Crippen LogP contribution in [-0.4, -0.2) is 25.2 Å². The molecule has 0 aliphatic carbocycles. The number of aromatic nitrogens is 1. The number of nitrogens with one attached hydrogen (secondary N) is 1. The minimum absolute atomic E-state index is 0.0131. The average molecular weight is 423 g/mol. The van der Waals surface area contributed by atoms with Gasteiger partial charge in [-0.2, -0.15) is 0 Å². The first-order valence-corrected chi connectivity index (χ1v) is 10.6. The van der Waals surface area contributed by atoms with Crippen LogP contribution in [0.3, 0.4) is 0 Å². The molecule has 2 amide bonds. The van der Waals surface area contributed by atoms with Gasteiger partial charge in [-0.15, -0.1) is 0 Å². The van der Waals surface area contributed by atoms with Crippen LogP contribution in [0.1, 0.15) is 12.8 Å². The van der Waals surface area contributed by atoms with Crippen molar-refractivity contribution in [3.8, 4) is 11.6 Å². The van der Waals surface area contributed by atoms with Gasteiger partial charge in [-0.05, 0) is 54.6 Å². The van der Waals surface area contributed by atoms with Gasteiger partial charge in [-0.3, -0.25) is 19.2 Å². The molecule has 1 aliphatic rings. The Bertz CT molecular complexity index is 1160. The normalized spacial score (nSPS) is 14.1. The van der Waals surface area contributed by atoms with Crippen molar-refractivity contribution >= 4 is 33.2 Å². The van der Waals surface area contributed by atoms with Gasteiger partial charge >= 0.3 is 0 Å². The fourth-order valence-electron chi connectivity index (χ4n) is 2.97. The maximum absolute atomic E-state index is 12.6. The number of pyridine rings is 1. The van der Waals surface area contributed by atoms with Gasteiger partial charge in [0, 0.05) is 30.8 Å². The van der Waals surface area contributed by atoms with Gasteiger partial charge in [0.15, 0.2) is 0 Å². The third kappa shape index (κ3) is 4.15. The molecule has 1 aromatic heterocycles. The first-order chi connectivity index (χ1) is 14.4. The van der Waals surface area contributed by atoms with Crippen LogP contribution >= 0.6 is 0 Å². The Balaban J connectivity index is 1.46. The molecule has 1 saturated heterocycles. The molecule has 0 bridgehead atoms. The van der Waals surface area contributed by atoms with Crippen LogP contribution in [0.2, 0.25) is 0 Å². The SMILES string of the molecule is O=C1CCC(=O)N1c1ccc(S(=O)(=O)Nc2ccc(Oc3ccccn3)cc2)cc1. The van der Waals surface area contributed by atoms with E-state index in [2.05, 4.69) is 9.71 Å². The Morgan fingerprint density at radius 2 is 1.53 bits per heavy atom. The minimum Gasteiger partial charge on any atom is -0.439 e. The van der Waals surface area contributed by atoms with E-state index in [1.54, 1.807) is 48.7 Å². The molecule has 1 N–H and O–H groups in total. The largest absolute Gasteiger partial charge is 0.439 e. The van der Waals surface area contributed by atoms with Gasteiger partial charge in [0.05, 0.1) is 10.6 Å². The number of anilines is 2. The Hall–Kier alpha value is -3.72. The lowest BCUT2D eigenvalue weighted by Crippen LogP contribution is -2.28. The number of hydrogen-bond donors (Lipinski definition) is 1. The highest BCUT2D eigenvalue weighted by atomic mass is 32.2. The number of carbonyl (C=O) groups is 2. The second-order valence-corrected chi connectivity index (χ2v) is 8.20. The highest BCUT2D eigenvalue weighted by Crippen LogP contribution is 2.26.